The molecule has 0 amide bonds. The Morgan fingerprint density at radius 3 is 3.12 bits per heavy atom. The van der Waals surface area contributed by atoms with Gasteiger partial charge in [0.2, 0.25) is 0 Å². The molecule has 1 aliphatic heterocycles. The van der Waals surface area contributed by atoms with E-state index in [4.69, 9.17) is 0 Å². The first-order valence-corrected chi connectivity index (χ1v) is 5.92. The Hall–Kier alpha value is -1.63. The van der Waals surface area contributed by atoms with Crippen LogP contribution in [0.3, 0.4) is 0 Å². The van der Waals surface area contributed by atoms with Crippen molar-refractivity contribution < 1.29 is 0 Å². The summed E-state index contributed by atoms with van der Waals surface area (Å²) in [7, 11) is 0. The maximum atomic E-state index is 3.68. The molecule has 0 saturated carbocycles. The number of hydrogen-bond acceptors (Lipinski definition) is 2. The lowest BCUT2D eigenvalue weighted by Gasteiger charge is -2.21. The maximum Gasteiger partial charge on any atom is 0.0777 e. The first-order valence-electron chi connectivity index (χ1n) is 5.10. The van der Waals surface area contributed by atoms with E-state index in [0.717, 1.165) is 16.3 Å². The number of thioether (sulfide) groups is 1. The fourth-order valence-corrected chi connectivity index (χ4v) is 2.36. The van der Waals surface area contributed by atoms with Crippen LogP contribution in [0, 0.1) is 0 Å². The molecule has 0 unspecified atom stereocenters. The summed E-state index contributed by atoms with van der Waals surface area (Å²) in [6.07, 6.45) is 13.8. The molecule has 0 spiro atoms. The molecule has 0 fully saturated rings. The second kappa shape index (κ2) is 4.93. The summed E-state index contributed by atoms with van der Waals surface area (Å²) in [6.45, 7) is 5.75. The average Bonchev–Trinajstić information content (AvgIpc) is 2.50. The van der Waals surface area contributed by atoms with Gasteiger partial charge in [0, 0.05) is 10.6 Å². The van der Waals surface area contributed by atoms with Gasteiger partial charge in [0.15, 0.2) is 0 Å². The highest BCUT2D eigenvalue weighted by atomic mass is 32.2. The largest absolute Gasteiger partial charge is 0.357 e. The lowest BCUT2D eigenvalue weighted by atomic mass is 10.3. The van der Waals surface area contributed by atoms with Crippen molar-refractivity contribution in [2.45, 2.75) is 6.92 Å². The molecule has 2 rings (SSSR count). The van der Waals surface area contributed by atoms with E-state index >= 15 is 0 Å². The van der Waals surface area contributed by atoms with E-state index in [9.17, 15) is 0 Å². The van der Waals surface area contributed by atoms with Crippen LogP contribution in [0.4, 0.5) is 0 Å². The molecule has 0 aromatic heterocycles. The van der Waals surface area contributed by atoms with Gasteiger partial charge in [-0.05, 0) is 25.2 Å². The minimum Gasteiger partial charge on any atom is -0.357 e. The molecule has 0 saturated heterocycles. The van der Waals surface area contributed by atoms with Crippen molar-refractivity contribution in [2.75, 3.05) is 0 Å². The van der Waals surface area contributed by atoms with Gasteiger partial charge in [0.1, 0.15) is 0 Å². The first-order chi connectivity index (χ1) is 7.81. The monoisotopic (exact) mass is 227 g/mol. The predicted octanol–water partition coefficient (Wildman–Crippen LogP) is 3.79. The molecule has 1 aliphatic carbocycles. The molecule has 1 heterocycles. The molecule has 2 heteroatoms. The standard InChI is InChI=1S/C14H13NS/c1-3-4-9-13-11(2)15-12-8-6-5-7-10-14(12)16-13/h3-9,15H,1H2,2H3/b9-4-. The van der Waals surface area contributed by atoms with E-state index in [0.29, 0.717) is 0 Å². The highest BCUT2D eigenvalue weighted by molar-refractivity contribution is 8.07. The second-order valence-electron chi connectivity index (χ2n) is 3.42. The smallest absolute Gasteiger partial charge is 0.0777 e. The van der Waals surface area contributed by atoms with Crippen molar-refractivity contribution in [1.82, 2.24) is 5.32 Å². The number of rotatable bonds is 2. The Morgan fingerprint density at radius 1 is 1.44 bits per heavy atom. The highest BCUT2D eigenvalue weighted by Gasteiger charge is 2.16. The van der Waals surface area contributed by atoms with Gasteiger partial charge in [0.25, 0.3) is 0 Å². The summed E-state index contributed by atoms with van der Waals surface area (Å²) in [4.78, 5) is 2.33. The molecule has 1 nitrogen and oxygen atoms in total. The van der Waals surface area contributed by atoms with E-state index in [-0.39, 0.29) is 0 Å². The zero-order valence-electron chi connectivity index (χ0n) is 9.16. The SMILES string of the molecule is C=C/C=C\C1=C(C)NC2=CC=CC=C=C2S1. The number of fused-ring (bicyclic) bond motifs is 1. The van der Waals surface area contributed by atoms with Gasteiger partial charge in [-0.15, -0.1) is 5.73 Å². The van der Waals surface area contributed by atoms with Crippen molar-refractivity contribution in [3.8, 4) is 0 Å². The van der Waals surface area contributed by atoms with Gasteiger partial charge < -0.3 is 5.32 Å². The summed E-state index contributed by atoms with van der Waals surface area (Å²) < 4.78 is 0. The van der Waals surface area contributed by atoms with Crippen LogP contribution in [-0.2, 0) is 0 Å². The van der Waals surface area contributed by atoms with E-state index < -0.39 is 0 Å². The quantitative estimate of drug-likeness (QED) is 0.569. The van der Waals surface area contributed by atoms with Crippen molar-refractivity contribution in [1.29, 1.82) is 0 Å². The summed E-state index contributed by atoms with van der Waals surface area (Å²) >= 11 is 1.73. The normalized spacial score (nSPS) is 18.8. The molecule has 2 aliphatic rings. The average molecular weight is 227 g/mol. The summed E-state index contributed by atoms with van der Waals surface area (Å²) in [5, 5.41) is 3.38. The van der Waals surface area contributed by atoms with Crippen LogP contribution < -0.4 is 5.32 Å². The van der Waals surface area contributed by atoms with E-state index in [1.807, 2.05) is 24.3 Å². The molecule has 0 radical (unpaired) electrons. The summed E-state index contributed by atoms with van der Waals surface area (Å²) in [5.74, 6) is 0. The van der Waals surface area contributed by atoms with Crippen molar-refractivity contribution in [2.24, 2.45) is 0 Å². The molecule has 80 valence electrons. The number of nitrogens with one attached hydrogen (secondary N) is 1. The van der Waals surface area contributed by atoms with E-state index in [2.05, 4.69) is 36.7 Å². The van der Waals surface area contributed by atoms with Crippen LogP contribution in [0.25, 0.3) is 0 Å². The molecule has 0 aromatic rings. The Bertz CT molecular complexity index is 495. The number of allylic oxidation sites excluding steroid dienone is 7. The third-order valence-electron chi connectivity index (χ3n) is 2.22. The van der Waals surface area contributed by atoms with Crippen LogP contribution in [0.15, 0.2) is 76.0 Å². The van der Waals surface area contributed by atoms with Crippen LogP contribution in [0.5, 0.6) is 0 Å². The third kappa shape index (κ3) is 2.30. The van der Waals surface area contributed by atoms with Gasteiger partial charge in [-0.3, -0.25) is 0 Å². The lowest BCUT2D eigenvalue weighted by Crippen LogP contribution is -2.16. The van der Waals surface area contributed by atoms with Crippen molar-refractivity contribution in [3.05, 3.63) is 76.0 Å². The van der Waals surface area contributed by atoms with E-state index in [1.54, 1.807) is 17.8 Å². The van der Waals surface area contributed by atoms with Crippen molar-refractivity contribution in [3.63, 3.8) is 0 Å². The highest BCUT2D eigenvalue weighted by Crippen LogP contribution is 2.36. The maximum absolute atomic E-state index is 3.68. The molecular weight excluding hydrogens is 214 g/mol. The Balaban J connectivity index is 2.36. The van der Waals surface area contributed by atoms with Crippen LogP contribution >= 0.6 is 11.8 Å². The first kappa shape index (κ1) is 10.9. The van der Waals surface area contributed by atoms with Gasteiger partial charge in [-0.1, -0.05) is 42.6 Å². The van der Waals surface area contributed by atoms with Crippen LogP contribution in [0.1, 0.15) is 6.92 Å². The van der Waals surface area contributed by atoms with Gasteiger partial charge >= 0.3 is 0 Å². The molecule has 0 atom stereocenters. The summed E-state index contributed by atoms with van der Waals surface area (Å²) in [6, 6.07) is 0. The van der Waals surface area contributed by atoms with E-state index in [1.165, 1.54) is 4.91 Å². The topological polar surface area (TPSA) is 12.0 Å². The van der Waals surface area contributed by atoms with Crippen LogP contribution in [-0.4, -0.2) is 0 Å². The van der Waals surface area contributed by atoms with Crippen molar-refractivity contribution >= 4 is 11.8 Å². The molecule has 0 bridgehead atoms. The van der Waals surface area contributed by atoms with Gasteiger partial charge in [-0.2, -0.15) is 0 Å². The molecule has 1 N–H and O–H groups in total. The minimum atomic E-state index is 1.11. The molecular formula is C14H13NS. The fourth-order valence-electron chi connectivity index (χ4n) is 1.43. The lowest BCUT2D eigenvalue weighted by molar-refractivity contribution is 0.987. The predicted molar refractivity (Wildman–Crippen MR) is 71.6 cm³/mol. The van der Waals surface area contributed by atoms with Gasteiger partial charge in [0.05, 0.1) is 10.6 Å². The Morgan fingerprint density at radius 2 is 2.31 bits per heavy atom. The molecule has 16 heavy (non-hydrogen) atoms. The Labute approximate surface area is 100 Å². The third-order valence-corrected chi connectivity index (χ3v) is 3.42. The Kier molecular flexibility index (Phi) is 3.35. The second-order valence-corrected chi connectivity index (χ2v) is 4.47. The number of hydrogen-bond donors (Lipinski definition) is 1. The zero-order chi connectivity index (χ0) is 11.4. The zero-order valence-corrected chi connectivity index (χ0v) is 9.97. The summed E-state index contributed by atoms with van der Waals surface area (Å²) in [5.41, 5.74) is 5.53. The van der Waals surface area contributed by atoms with Gasteiger partial charge in [-0.25, -0.2) is 0 Å². The minimum absolute atomic E-state index is 1.11. The molecule has 0 aromatic carbocycles. The van der Waals surface area contributed by atoms with Crippen LogP contribution in [0.2, 0.25) is 0 Å². The fraction of sp³-hybridized carbons (Fsp3) is 0.0714.